The second-order valence-electron chi connectivity index (χ2n) is 3.32. The summed E-state index contributed by atoms with van der Waals surface area (Å²) < 4.78 is 0. The van der Waals surface area contributed by atoms with Crippen LogP contribution in [-0.4, -0.2) is 0 Å². The Balaban J connectivity index is 2.65. The molecule has 0 atom stereocenters. The maximum absolute atomic E-state index is 8.99. The maximum atomic E-state index is 8.99. The van der Waals surface area contributed by atoms with Crippen molar-refractivity contribution < 1.29 is 0 Å². The summed E-state index contributed by atoms with van der Waals surface area (Å²) in [5, 5.41) is 11.0. The Morgan fingerprint density at radius 2 is 2.07 bits per heavy atom. The number of hydrogen-bond acceptors (Lipinski definition) is 3. The zero-order chi connectivity index (χ0) is 10.8. The third-order valence-electron chi connectivity index (χ3n) is 2.32. The van der Waals surface area contributed by atoms with E-state index in [1.807, 2.05) is 36.6 Å². The van der Waals surface area contributed by atoms with Crippen LogP contribution >= 0.6 is 11.3 Å². The number of nitrogens with two attached hydrogens (primary N) is 1. The molecule has 0 aliphatic carbocycles. The summed E-state index contributed by atoms with van der Waals surface area (Å²) in [5.74, 6) is 0. The predicted octanol–water partition coefficient (Wildman–Crippen LogP) is 3.18. The lowest BCUT2D eigenvalue weighted by molar-refractivity contribution is 1.48. The van der Waals surface area contributed by atoms with Crippen molar-refractivity contribution in [3.05, 3.63) is 40.8 Å². The summed E-state index contributed by atoms with van der Waals surface area (Å²) in [5.41, 5.74) is 9.41. The average molecular weight is 214 g/mol. The van der Waals surface area contributed by atoms with Crippen LogP contribution in [0.5, 0.6) is 0 Å². The molecule has 1 aromatic carbocycles. The molecule has 0 spiro atoms. The van der Waals surface area contributed by atoms with Crippen LogP contribution in [0, 0.1) is 18.3 Å². The molecule has 2 rings (SSSR count). The third kappa shape index (κ3) is 1.60. The summed E-state index contributed by atoms with van der Waals surface area (Å²) >= 11 is 1.58. The van der Waals surface area contributed by atoms with Crippen molar-refractivity contribution in [3.8, 4) is 16.5 Å². The van der Waals surface area contributed by atoms with Gasteiger partial charge < -0.3 is 5.73 Å². The van der Waals surface area contributed by atoms with E-state index in [2.05, 4.69) is 6.07 Å². The van der Waals surface area contributed by atoms with Crippen molar-refractivity contribution in [1.29, 1.82) is 5.26 Å². The van der Waals surface area contributed by atoms with Gasteiger partial charge in [-0.15, -0.1) is 11.3 Å². The largest absolute Gasteiger partial charge is 0.397 e. The van der Waals surface area contributed by atoms with E-state index < -0.39 is 0 Å². The highest BCUT2D eigenvalue weighted by molar-refractivity contribution is 7.14. The smallest absolute Gasteiger partial charge is 0.0998 e. The first kappa shape index (κ1) is 9.75. The summed E-state index contributed by atoms with van der Waals surface area (Å²) in [4.78, 5) is 0.990. The molecule has 0 aliphatic rings. The van der Waals surface area contributed by atoms with Crippen LogP contribution < -0.4 is 5.73 Å². The van der Waals surface area contributed by atoms with E-state index in [0.717, 1.165) is 21.7 Å². The normalized spacial score (nSPS) is 9.87. The Morgan fingerprint density at radius 1 is 1.33 bits per heavy atom. The molecular weight excluding hydrogens is 204 g/mol. The van der Waals surface area contributed by atoms with E-state index in [1.54, 1.807) is 11.3 Å². The van der Waals surface area contributed by atoms with Crippen LogP contribution in [0.1, 0.15) is 11.1 Å². The van der Waals surface area contributed by atoms with Crippen molar-refractivity contribution >= 4 is 17.0 Å². The number of nitriles is 1. The van der Waals surface area contributed by atoms with E-state index in [4.69, 9.17) is 11.0 Å². The fraction of sp³-hybridized carbons (Fsp3) is 0.0833. The number of anilines is 1. The number of aryl methyl sites for hydroxylation is 1. The quantitative estimate of drug-likeness (QED) is 0.792. The fourth-order valence-electron chi connectivity index (χ4n) is 1.44. The monoisotopic (exact) mass is 214 g/mol. The van der Waals surface area contributed by atoms with E-state index in [9.17, 15) is 0 Å². The number of nitrogens with zero attached hydrogens (tertiary/aromatic N) is 1. The van der Waals surface area contributed by atoms with Crippen LogP contribution in [0.25, 0.3) is 10.4 Å². The van der Waals surface area contributed by atoms with Gasteiger partial charge in [0.1, 0.15) is 0 Å². The molecule has 0 unspecified atom stereocenters. The molecule has 0 aliphatic heterocycles. The first-order valence-corrected chi connectivity index (χ1v) is 5.45. The summed E-state index contributed by atoms with van der Waals surface area (Å²) in [6.07, 6.45) is 0. The van der Waals surface area contributed by atoms with Gasteiger partial charge in [-0.1, -0.05) is 18.2 Å². The van der Waals surface area contributed by atoms with E-state index in [-0.39, 0.29) is 0 Å². The van der Waals surface area contributed by atoms with Crippen LogP contribution in [0.4, 0.5) is 5.69 Å². The predicted molar refractivity (Wildman–Crippen MR) is 63.6 cm³/mol. The molecule has 0 bridgehead atoms. The van der Waals surface area contributed by atoms with Gasteiger partial charge in [-0.3, -0.25) is 0 Å². The SMILES string of the molecule is Cc1csc(-c2ccccc2C#N)c1N. The number of thiophene rings is 1. The van der Waals surface area contributed by atoms with Crippen LogP contribution in [0.2, 0.25) is 0 Å². The first-order valence-electron chi connectivity index (χ1n) is 4.57. The molecule has 2 nitrogen and oxygen atoms in total. The van der Waals surface area contributed by atoms with Gasteiger partial charge in [0.2, 0.25) is 0 Å². The molecule has 74 valence electrons. The molecule has 1 heterocycles. The Morgan fingerprint density at radius 3 is 2.67 bits per heavy atom. The summed E-state index contributed by atoms with van der Waals surface area (Å²) in [7, 11) is 0. The number of hydrogen-bond donors (Lipinski definition) is 1. The molecule has 0 fully saturated rings. The van der Waals surface area contributed by atoms with Gasteiger partial charge in [0.15, 0.2) is 0 Å². The lowest BCUT2D eigenvalue weighted by Crippen LogP contribution is -1.89. The topological polar surface area (TPSA) is 49.8 Å². The highest BCUT2D eigenvalue weighted by Gasteiger charge is 2.10. The second kappa shape index (κ2) is 3.76. The molecule has 0 amide bonds. The van der Waals surface area contributed by atoms with Crippen molar-refractivity contribution in [2.75, 3.05) is 5.73 Å². The third-order valence-corrected chi connectivity index (χ3v) is 3.46. The van der Waals surface area contributed by atoms with Crippen molar-refractivity contribution in [1.82, 2.24) is 0 Å². The molecular formula is C12H10N2S. The fourth-order valence-corrected chi connectivity index (χ4v) is 2.46. The minimum absolute atomic E-state index is 0.672. The summed E-state index contributed by atoms with van der Waals surface area (Å²) in [6, 6.07) is 9.70. The molecule has 0 saturated heterocycles. The van der Waals surface area contributed by atoms with Gasteiger partial charge in [-0.25, -0.2) is 0 Å². The Kier molecular flexibility index (Phi) is 2.44. The highest BCUT2D eigenvalue weighted by Crippen LogP contribution is 2.36. The van der Waals surface area contributed by atoms with Crippen LogP contribution in [0.15, 0.2) is 29.6 Å². The van der Waals surface area contributed by atoms with Gasteiger partial charge in [0, 0.05) is 5.56 Å². The molecule has 3 heteroatoms. The molecule has 2 aromatic rings. The van der Waals surface area contributed by atoms with Crippen molar-refractivity contribution in [2.45, 2.75) is 6.92 Å². The molecule has 1 aromatic heterocycles. The first-order chi connectivity index (χ1) is 7.24. The van der Waals surface area contributed by atoms with Crippen LogP contribution in [-0.2, 0) is 0 Å². The van der Waals surface area contributed by atoms with Gasteiger partial charge in [0.25, 0.3) is 0 Å². The number of nitrogen functional groups attached to an aromatic ring is 1. The zero-order valence-electron chi connectivity index (χ0n) is 8.32. The van der Waals surface area contributed by atoms with Gasteiger partial charge >= 0.3 is 0 Å². The molecule has 2 N–H and O–H groups in total. The van der Waals surface area contributed by atoms with E-state index >= 15 is 0 Å². The molecule has 0 radical (unpaired) electrons. The molecule has 0 saturated carbocycles. The Bertz CT molecular complexity index is 535. The average Bonchev–Trinajstić information content (AvgIpc) is 2.60. The van der Waals surface area contributed by atoms with Gasteiger partial charge in [0.05, 0.1) is 22.2 Å². The highest BCUT2D eigenvalue weighted by atomic mass is 32.1. The van der Waals surface area contributed by atoms with E-state index in [0.29, 0.717) is 5.56 Å². The number of benzene rings is 1. The van der Waals surface area contributed by atoms with E-state index in [1.165, 1.54) is 0 Å². The minimum Gasteiger partial charge on any atom is -0.397 e. The maximum Gasteiger partial charge on any atom is 0.0998 e. The zero-order valence-corrected chi connectivity index (χ0v) is 9.14. The molecule has 15 heavy (non-hydrogen) atoms. The van der Waals surface area contributed by atoms with Crippen molar-refractivity contribution in [2.24, 2.45) is 0 Å². The Labute approximate surface area is 92.6 Å². The lowest BCUT2D eigenvalue weighted by Gasteiger charge is -2.02. The standard InChI is InChI=1S/C12H10N2S/c1-8-7-15-12(11(8)14)10-5-3-2-4-9(10)6-13/h2-5,7H,14H2,1H3. The van der Waals surface area contributed by atoms with Gasteiger partial charge in [-0.05, 0) is 23.9 Å². The second-order valence-corrected chi connectivity index (χ2v) is 4.20. The van der Waals surface area contributed by atoms with Crippen LogP contribution in [0.3, 0.4) is 0 Å². The minimum atomic E-state index is 0.672. The van der Waals surface area contributed by atoms with Gasteiger partial charge in [-0.2, -0.15) is 5.26 Å². The lowest BCUT2D eigenvalue weighted by atomic mass is 10.1. The number of rotatable bonds is 1. The summed E-state index contributed by atoms with van der Waals surface area (Å²) in [6.45, 7) is 1.98. The Hall–Kier alpha value is -1.79. The van der Waals surface area contributed by atoms with Crippen molar-refractivity contribution in [3.63, 3.8) is 0 Å².